The second-order valence-corrected chi connectivity index (χ2v) is 4.11. The fraction of sp³-hybridized carbons (Fsp3) is 0.909. The third kappa shape index (κ3) is 3.66. The molecule has 0 spiro atoms. The van der Waals surface area contributed by atoms with Gasteiger partial charge in [0.05, 0.1) is 0 Å². The Balaban J connectivity index is 2.22. The average molecular weight is 198 g/mol. The van der Waals surface area contributed by atoms with Crippen molar-refractivity contribution in [3.63, 3.8) is 0 Å². The van der Waals surface area contributed by atoms with Gasteiger partial charge in [0.25, 0.3) is 0 Å². The normalized spacial score (nSPS) is 22.4. The quantitative estimate of drug-likeness (QED) is 0.692. The predicted octanol–water partition coefficient (Wildman–Crippen LogP) is 1.39. The first-order valence-electron chi connectivity index (χ1n) is 5.73. The Labute approximate surface area is 86.9 Å². The molecule has 0 saturated carbocycles. The van der Waals surface area contributed by atoms with Crippen molar-refractivity contribution in [3.05, 3.63) is 0 Å². The van der Waals surface area contributed by atoms with Crippen LogP contribution in [0.1, 0.15) is 39.5 Å². The lowest BCUT2D eigenvalue weighted by Gasteiger charge is -2.33. The molecule has 3 heteroatoms. The summed E-state index contributed by atoms with van der Waals surface area (Å²) in [7, 11) is 0. The third-order valence-corrected chi connectivity index (χ3v) is 2.86. The minimum atomic E-state index is 0.215. The van der Waals surface area contributed by atoms with Gasteiger partial charge < -0.3 is 10.2 Å². The number of amides is 1. The Morgan fingerprint density at radius 2 is 2.29 bits per heavy atom. The van der Waals surface area contributed by atoms with Crippen LogP contribution in [0.4, 0.5) is 0 Å². The molecular weight excluding hydrogens is 176 g/mol. The maximum absolute atomic E-state index is 11.2. The van der Waals surface area contributed by atoms with E-state index in [0.717, 1.165) is 19.6 Å². The molecule has 1 heterocycles. The van der Waals surface area contributed by atoms with E-state index in [1.54, 1.807) is 6.92 Å². The number of unbranched alkanes of at least 4 members (excludes halogenated alkanes) is 2. The van der Waals surface area contributed by atoms with Crippen LogP contribution in [-0.2, 0) is 4.79 Å². The lowest BCUT2D eigenvalue weighted by Crippen LogP contribution is -2.51. The SMILES string of the molecule is CCCCC[C@@H]1CN(C(C)=O)CCN1. The van der Waals surface area contributed by atoms with E-state index < -0.39 is 0 Å². The van der Waals surface area contributed by atoms with Crippen molar-refractivity contribution >= 4 is 5.91 Å². The maximum atomic E-state index is 11.2. The smallest absolute Gasteiger partial charge is 0.219 e. The Kier molecular flexibility index (Phi) is 4.94. The summed E-state index contributed by atoms with van der Waals surface area (Å²) in [6, 6.07) is 0.527. The number of hydrogen-bond acceptors (Lipinski definition) is 2. The van der Waals surface area contributed by atoms with Crippen LogP contribution < -0.4 is 5.32 Å². The molecule has 0 aromatic heterocycles. The molecule has 0 aromatic carbocycles. The highest BCUT2D eigenvalue weighted by atomic mass is 16.2. The fourth-order valence-electron chi connectivity index (χ4n) is 1.95. The second kappa shape index (κ2) is 6.02. The van der Waals surface area contributed by atoms with E-state index in [2.05, 4.69) is 12.2 Å². The molecule has 3 nitrogen and oxygen atoms in total. The number of hydrogen-bond donors (Lipinski definition) is 1. The summed E-state index contributed by atoms with van der Waals surface area (Å²) in [6.45, 7) is 6.61. The number of nitrogens with one attached hydrogen (secondary N) is 1. The van der Waals surface area contributed by atoms with E-state index in [-0.39, 0.29) is 5.91 Å². The summed E-state index contributed by atoms with van der Waals surface area (Å²) >= 11 is 0. The van der Waals surface area contributed by atoms with Crippen LogP contribution in [0.5, 0.6) is 0 Å². The van der Waals surface area contributed by atoms with Gasteiger partial charge in [0.15, 0.2) is 0 Å². The van der Waals surface area contributed by atoms with Crippen molar-refractivity contribution in [3.8, 4) is 0 Å². The van der Waals surface area contributed by atoms with Crippen molar-refractivity contribution in [2.75, 3.05) is 19.6 Å². The number of nitrogens with zero attached hydrogens (tertiary/aromatic N) is 1. The summed E-state index contributed by atoms with van der Waals surface area (Å²) in [5, 5.41) is 3.47. The van der Waals surface area contributed by atoms with Crippen LogP contribution in [-0.4, -0.2) is 36.5 Å². The van der Waals surface area contributed by atoms with Crippen molar-refractivity contribution in [1.82, 2.24) is 10.2 Å². The Morgan fingerprint density at radius 3 is 2.93 bits per heavy atom. The molecule has 0 radical (unpaired) electrons. The van der Waals surface area contributed by atoms with Gasteiger partial charge in [0, 0.05) is 32.6 Å². The van der Waals surface area contributed by atoms with Gasteiger partial charge in [-0.1, -0.05) is 26.2 Å². The number of carbonyl (C=O) groups excluding carboxylic acids is 1. The standard InChI is InChI=1S/C11H22N2O/c1-3-4-5-6-11-9-13(10(2)14)8-7-12-11/h11-12H,3-9H2,1-2H3/t11-/m1/s1. The fourth-order valence-corrected chi connectivity index (χ4v) is 1.95. The topological polar surface area (TPSA) is 32.3 Å². The van der Waals surface area contributed by atoms with E-state index in [9.17, 15) is 4.79 Å². The van der Waals surface area contributed by atoms with Crippen molar-refractivity contribution in [2.45, 2.75) is 45.6 Å². The molecule has 1 fully saturated rings. The molecule has 1 N–H and O–H groups in total. The van der Waals surface area contributed by atoms with E-state index in [0.29, 0.717) is 6.04 Å². The van der Waals surface area contributed by atoms with Gasteiger partial charge in [-0.15, -0.1) is 0 Å². The number of carbonyl (C=O) groups is 1. The molecule has 1 saturated heterocycles. The zero-order valence-electron chi connectivity index (χ0n) is 9.38. The molecule has 1 aliphatic heterocycles. The van der Waals surface area contributed by atoms with E-state index in [1.807, 2.05) is 4.90 Å². The molecule has 82 valence electrons. The highest BCUT2D eigenvalue weighted by molar-refractivity contribution is 5.73. The molecule has 1 atom stereocenters. The second-order valence-electron chi connectivity index (χ2n) is 4.11. The van der Waals surface area contributed by atoms with Gasteiger partial charge in [-0.05, 0) is 6.42 Å². The Bertz CT molecular complexity index is 182. The minimum absolute atomic E-state index is 0.215. The Hall–Kier alpha value is -0.570. The molecule has 0 unspecified atom stereocenters. The summed E-state index contributed by atoms with van der Waals surface area (Å²) in [6.07, 6.45) is 5.05. The zero-order chi connectivity index (χ0) is 10.4. The van der Waals surface area contributed by atoms with Crippen LogP contribution >= 0.6 is 0 Å². The monoisotopic (exact) mass is 198 g/mol. The van der Waals surface area contributed by atoms with Crippen LogP contribution in [0.15, 0.2) is 0 Å². The molecule has 1 rings (SSSR count). The largest absolute Gasteiger partial charge is 0.340 e. The summed E-state index contributed by atoms with van der Waals surface area (Å²) < 4.78 is 0. The van der Waals surface area contributed by atoms with Crippen LogP contribution in [0.25, 0.3) is 0 Å². The summed E-state index contributed by atoms with van der Waals surface area (Å²) in [4.78, 5) is 13.1. The zero-order valence-corrected chi connectivity index (χ0v) is 9.38. The molecule has 0 aliphatic carbocycles. The van der Waals surface area contributed by atoms with Crippen LogP contribution in [0.2, 0.25) is 0 Å². The van der Waals surface area contributed by atoms with Crippen LogP contribution in [0, 0.1) is 0 Å². The lowest BCUT2D eigenvalue weighted by atomic mass is 10.1. The lowest BCUT2D eigenvalue weighted by molar-refractivity contribution is -0.130. The van der Waals surface area contributed by atoms with Gasteiger partial charge in [-0.2, -0.15) is 0 Å². The third-order valence-electron chi connectivity index (χ3n) is 2.86. The first-order valence-corrected chi connectivity index (χ1v) is 5.73. The van der Waals surface area contributed by atoms with Crippen molar-refractivity contribution in [1.29, 1.82) is 0 Å². The van der Waals surface area contributed by atoms with Gasteiger partial charge in [-0.25, -0.2) is 0 Å². The van der Waals surface area contributed by atoms with Crippen molar-refractivity contribution < 1.29 is 4.79 Å². The van der Waals surface area contributed by atoms with Crippen LogP contribution in [0.3, 0.4) is 0 Å². The number of rotatable bonds is 4. The van der Waals surface area contributed by atoms with E-state index in [4.69, 9.17) is 0 Å². The highest BCUT2D eigenvalue weighted by Gasteiger charge is 2.19. The first kappa shape index (κ1) is 11.5. The van der Waals surface area contributed by atoms with Crippen molar-refractivity contribution in [2.24, 2.45) is 0 Å². The summed E-state index contributed by atoms with van der Waals surface area (Å²) in [5.74, 6) is 0.215. The van der Waals surface area contributed by atoms with Gasteiger partial charge in [-0.3, -0.25) is 4.79 Å². The van der Waals surface area contributed by atoms with Gasteiger partial charge in [0.1, 0.15) is 0 Å². The molecule has 0 bridgehead atoms. The minimum Gasteiger partial charge on any atom is -0.340 e. The molecule has 0 aromatic rings. The number of piperazine rings is 1. The molecule has 1 amide bonds. The van der Waals surface area contributed by atoms with E-state index in [1.165, 1.54) is 25.7 Å². The van der Waals surface area contributed by atoms with E-state index >= 15 is 0 Å². The summed E-state index contributed by atoms with van der Waals surface area (Å²) in [5.41, 5.74) is 0. The van der Waals surface area contributed by atoms with Gasteiger partial charge >= 0.3 is 0 Å². The predicted molar refractivity (Wildman–Crippen MR) is 58.2 cm³/mol. The van der Waals surface area contributed by atoms with Gasteiger partial charge in [0.2, 0.25) is 5.91 Å². The molecular formula is C11H22N2O. The molecule has 1 aliphatic rings. The Morgan fingerprint density at radius 1 is 1.50 bits per heavy atom. The first-order chi connectivity index (χ1) is 6.74. The average Bonchev–Trinajstić information content (AvgIpc) is 2.19. The molecule has 14 heavy (non-hydrogen) atoms. The maximum Gasteiger partial charge on any atom is 0.219 e. The highest BCUT2D eigenvalue weighted by Crippen LogP contribution is 2.08.